The molecule has 2 aromatic heterocycles. The third-order valence-corrected chi connectivity index (χ3v) is 7.30. The van der Waals surface area contributed by atoms with Gasteiger partial charge in [-0.15, -0.1) is 5.10 Å². The smallest absolute Gasteiger partial charge is 0.228 e. The van der Waals surface area contributed by atoms with Crippen LogP contribution in [0.3, 0.4) is 0 Å². The highest BCUT2D eigenvalue weighted by molar-refractivity contribution is 6.00. The number of phenolic OH excluding ortho intramolecular Hbond substituents is 1. The van der Waals surface area contributed by atoms with Crippen LogP contribution in [0.15, 0.2) is 84.4 Å². The van der Waals surface area contributed by atoms with E-state index in [-0.39, 0.29) is 22.9 Å². The Morgan fingerprint density at radius 2 is 1.73 bits per heavy atom. The molecule has 1 N–H and O–H groups in total. The van der Waals surface area contributed by atoms with Crippen molar-refractivity contribution in [1.82, 2.24) is 19.6 Å². The van der Waals surface area contributed by atoms with Crippen molar-refractivity contribution in [2.75, 3.05) is 0 Å². The predicted molar refractivity (Wildman–Crippen MR) is 139 cm³/mol. The van der Waals surface area contributed by atoms with Gasteiger partial charge in [0.25, 0.3) is 0 Å². The maximum Gasteiger partial charge on any atom is 0.228 e. The van der Waals surface area contributed by atoms with E-state index in [2.05, 4.69) is 23.9 Å². The second-order valence-electron chi connectivity index (χ2n) is 10.6. The average Bonchev–Trinajstić information content (AvgIpc) is 3.31. The number of nitrogens with zero attached hydrogens (tertiary/aromatic N) is 4. The Hall–Kier alpha value is -4.52. The third kappa shape index (κ3) is 3.42. The molecule has 7 heteroatoms. The summed E-state index contributed by atoms with van der Waals surface area (Å²) in [4.78, 5) is 23.0. The van der Waals surface area contributed by atoms with E-state index in [1.54, 1.807) is 16.9 Å². The molecule has 0 saturated carbocycles. The summed E-state index contributed by atoms with van der Waals surface area (Å²) in [5.41, 5.74) is 3.24. The molecule has 0 saturated heterocycles. The number of hydrogen-bond acceptors (Lipinski definition) is 6. The molecule has 7 rings (SSSR count). The summed E-state index contributed by atoms with van der Waals surface area (Å²) in [7, 11) is 0. The maximum atomic E-state index is 13.5. The van der Waals surface area contributed by atoms with Crippen molar-refractivity contribution in [3.63, 3.8) is 0 Å². The molecule has 1 atom stereocenters. The number of carbonyl (C=O) groups is 1. The number of fused-ring (bicyclic) bond motifs is 4. The van der Waals surface area contributed by atoms with Crippen molar-refractivity contribution in [1.29, 1.82) is 0 Å². The molecule has 5 aromatic rings. The number of benzene rings is 3. The minimum atomic E-state index is -0.373. The number of Topliss-reactive ketones (excluding diaryl/α,β-unsaturated/α-hetero) is 1. The molecule has 3 aromatic carbocycles. The SMILES string of the molecule is CC1(C)CC(=O)C2=C(C1)Oc1ncn3nc(-c4cc5ccccc5cc4O)nc3c1[C@H]2c1ccccc1. The summed E-state index contributed by atoms with van der Waals surface area (Å²) >= 11 is 0. The lowest BCUT2D eigenvalue weighted by atomic mass is 9.70. The van der Waals surface area contributed by atoms with Crippen LogP contribution in [0, 0.1) is 5.41 Å². The van der Waals surface area contributed by atoms with Gasteiger partial charge in [-0.1, -0.05) is 68.4 Å². The van der Waals surface area contributed by atoms with Crippen LogP contribution in [0.5, 0.6) is 11.6 Å². The van der Waals surface area contributed by atoms with Crippen LogP contribution in [-0.2, 0) is 4.79 Å². The van der Waals surface area contributed by atoms with Crippen LogP contribution in [0.25, 0.3) is 27.8 Å². The Labute approximate surface area is 213 Å². The van der Waals surface area contributed by atoms with Crippen molar-refractivity contribution < 1.29 is 14.6 Å². The predicted octanol–water partition coefficient (Wildman–Crippen LogP) is 5.82. The lowest BCUT2D eigenvalue weighted by Crippen LogP contribution is -2.33. The number of carbonyl (C=O) groups excluding carboxylic acids is 1. The summed E-state index contributed by atoms with van der Waals surface area (Å²) in [5, 5.41) is 17.4. The van der Waals surface area contributed by atoms with E-state index >= 15 is 0 Å². The average molecular weight is 489 g/mol. The number of aromatic hydroxyl groups is 1. The summed E-state index contributed by atoms with van der Waals surface area (Å²) in [6.07, 6.45) is 2.69. The van der Waals surface area contributed by atoms with Gasteiger partial charge in [0.05, 0.1) is 11.1 Å². The highest BCUT2D eigenvalue weighted by Gasteiger charge is 2.44. The van der Waals surface area contributed by atoms with Gasteiger partial charge in [0, 0.05) is 24.3 Å². The van der Waals surface area contributed by atoms with Gasteiger partial charge in [-0.2, -0.15) is 0 Å². The second kappa shape index (κ2) is 7.74. The first-order chi connectivity index (χ1) is 17.9. The molecular weight excluding hydrogens is 464 g/mol. The van der Waals surface area contributed by atoms with Crippen LogP contribution in [0.4, 0.5) is 0 Å². The van der Waals surface area contributed by atoms with Crippen LogP contribution >= 0.6 is 0 Å². The summed E-state index contributed by atoms with van der Waals surface area (Å²) in [6.45, 7) is 4.17. The molecule has 0 fully saturated rings. The van der Waals surface area contributed by atoms with E-state index in [1.165, 1.54) is 0 Å². The topological polar surface area (TPSA) is 89.6 Å². The fourth-order valence-electron chi connectivity index (χ4n) is 5.65. The van der Waals surface area contributed by atoms with Crippen molar-refractivity contribution >= 4 is 22.2 Å². The molecule has 0 unspecified atom stereocenters. The quantitative estimate of drug-likeness (QED) is 0.337. The largest absolute Gasteiger partial charge is 0.507 e. The molecule has 0 amide bonds. The Bertz CT molecular complexity index is 1770. The minimum Gasteiger partial charge on any atom is -0.507 e. The van der Waals surface area contributed by atoms with Crippen molar-refractivity contribution in [2.24, 2.45) is 5.41 Å². The molecule has 182 valence electrons. The van der Waals surface area contributed by atoms with E-state index in [0.717, 1.165) is 16.3 Å². The van der Waals surface area contributed by atoms with Crippen LogP contribution in [-0.4, -0.2) is 30.5 Å². The highest BCUT2D eigenvalue weighted by atomic mass is 16.5. The van der Waals surface area contributed by atoms with E-state index in [9.17, 15) is 9.90 Å². The van der Waals surface area contributed by atoms with E-state index in [4.69, 9.17) is 9.72 Å². The molecule has 0 bridgehead atoms. The van der Waals surface area contributed by atoms with E-state index in [1.807, 2.05) is 60.7 Å². The summed E-state index contributed by atoms with van der Waals surface area (Å²) < 4.78 is 7.92. The van der Waals surface area contributed by atoms with E-state index in [0.29, 0.717) is 52.7 Å². The second-order valence-corrected chi connectivity index (χ2v) is 10.6. The number of rotatable bonds is 2. The Morgan fingerprint density at radius 3 is 2.51 bits per heavy atom. The van der Waals surface area contributed by atoms with Crippen LogP contribution in [0.1, 0.15) is 43.7 Å². The van der Waals surface area contributed by atoms with Gasteiger partial charge in [0.1, 0.15) is 17.8 Å². The van der Waals surface area contributed by atoms with Gasteiger partial charge >= 0.3 is 0 Å². The first-order valence-electron chi connectivity index (χ1n) is 12.3. The molecule has 0 spiro atoms. The molecule has 0 radical (unpaired) electrons. The fourth-order valence-corrected chi connectivity index (χ4v) is 5.65. The van der Waals surface area contributed by atoms with Gasteiger partial charge < -0.3 is 9.84 Å². The molecule has 37 heavy (non-hydrogen) atoms. The molecule has 3 heterocycles. The van der Waals surface area contributed by atoms with Gasteiger partial charge in [-0.05, 0) is 33.9 Å². The van der Waals surface area contributed by atoms with Crippen molar-refractivity contribution in [3.8, 4) is 23.0 Å². The number of aromatic nitrogens is 4. The number of ketones is 1. The Balaban J connectivity index is 1.46. The number of allylic oxidation sites excluding steroid dienone is 2. The number of phenols is 1. The molecule has 1 aliphatic heterocycles. The fraction of sp³-hybridized carbons (Fsp3) is 0.200. The molecular formula is C30H24N4O3. The van der Waals surface area contributed by atoms with Crippen LogP contribution < -0.4 is 4.74 Å². The van der Waals surface area contributed by atoms with Gasteiger partial charge in [0.15, 0.2) is 17.3 Å². The first-order valence-corrected chi connectivity index (χ1v) is 12.3. The Kier molecular flexibility index (Phi) is 4.55. The lowest BCUT2D eigenvalue weighted by molar-refractivity contribution is -0.118. The zero-order chi connectivity index (χ0) is 25.3. The summed E-state index contributed by atoms with van der Waals surface area (Å²) in [6, 6.07) is 21.4. The first kappa shape index (κ1) is 21.7. The number of ether oxygens (including phenoxy) is 1. The molecule has 1 aliphatic carbocycles. The number of hydrogen-bond donors (Lipinski definition) is 1. The van der Waals surface area contributed by atoms with E-state index < -0.39 is 0 Å². The minimum absolute atomic E-state index is 0.0830. The van der Waals surface area contributed by atoms with Crippen molar-refractivity contribution in [3.05, 3.63) is 95.5 Å². The van der Waals surface area contributed by atoms with Gasteiger partial charge in [-0.25, -0.2) is 14.5 Å². The monoisotopic (exact) mass is 488 g/mol. The van der Waals surface area contributed by atoms with Crippen molar-refractivity contribution in [2.45, 2.75) is 32.6 Å². The molecule has 7 nitrogen and oxygen atoms in total. The summed E-state index contributed by atoms with van der Waals surface area (Å²) in [5.74, 6) is 1.31. The highest BCUT2D eigenvalue weighted by Crippen LogP contribution is 2.50. The lowest BCUT2D eigenvalue weighted by Gasteiger charge is -2.37. The zero-order valence-corrected chi connectivity index (χ0v) is 20.5. The standard InChI is InChI=1S/C30H24N4O3/c1-30(2)14-22(36)25-23(15-30)37-29-26(24(25)17-8-4-3-5-9-17)28-32-27(33-34(28)16-31-29)20-12-18-10-6-7-11-19(18)13-21(20)35/h3-13,16,24,35H,14-15H2,1-2H3/t24-/m0/s1. The normalized spacial score (nSPS) is 18.5. The van der Waals surface area contributed by atoms with Gasteiger partial charge in [0.2, 0.25) is 5.88 Å². The molecule has 2 aliphatic rings. The van der Waals surface area contributed by atoms with Gasteiger partial charge in [-0.3, -0.25) is 4.79 Å². The third-order valence-electron chi connectivity index (χ3n) is 7.30. The zero-order valence-electron chi connectivity index (χ0n) is 20.5. The maximum absolute atomic E-state index is 13.5. The Morgan fingerprint density at radius 1 is 1.00 bits per heavy atom. The van der Waals surface area contributed by atoms with Crippen LogP contribution in [0.2, 0.25) is 0 Å².